The first-order valence-electron chi connectivity index (χ1n) is 7.03. The molecule has 0 aliphatic carbocycles. The van der Waals surface area contributed by atoms with Crippen molar-refractivity contribution < 1.29 is 19.6 Å². The maximum atomic E-state index is 11.2. The zero-order valence-corrected chi connectivity index (χ0v) is 12.8. The SMILES string of the molecule is CCC(=Cc1c(Oc2ccc([N+](=O)[O-])cc2)ccnc1N)C(=O)O. The van der Waals surface area contributed by atoms with Gasteiger partial charge in [0.15, 0.2) is 0 Å². The third-order valence-electron chi connectivity index (χ3n) is 3.23. The van der Waals surface area contributed by atoms with Crippen LogP contribution in [0, 0.1) is 10.1 Å². The van der Waals surface area contributed by atoms with E-state index in [-0.39, 0.29) is 17.1 Å². The number of carboxylic acids is 1. The molecule has 0 saturated heterocycles. The summed E-state index contributed by atoms with van der Waals surface area (Å²) >= 11 is 0. The number of carbonyl (C=O) groups is 1. The average Bonchev–Trinajstić information content (AvgIpc) is 2.54. The van der Waals surface area contributed by atoms with E-state index in [0.717, 1.165) is 0 Å². The molecule has 0 bridgehead atoms. The van der Waals surface area contributed by atoms with E-state index in [1.807, 2.05) is 0 Å². The molecule has 0 amide bonds. The van der Waals surface area contributed by atoms with E-state index in [0.29, 0.717) is 23.5 Å². The summed E-state index contributed by atoms with van der Waals surface area (Å²) in [6.45, 7) is 1.71. The number of ether oxygens (including phenoxy) is 1. The molecule has 0 spiro atoms. The molecule has 1 aromatic carbocycles. The van der Waals surface area contributed by atoms with Gasteiger partial charge in [-0.3, -0.25) is 10.1 Å². The van der Waals surface area contributed by atoms with E-state index in [4.69, 9.17) is 15.6 Å². The van der Waals surface area contributed by atoms with Crippen LogP contribution in [-0.2, 0) is 4.79 Å². The fraction of sp³-hybridized carbons (Fsp3) is 0.125. The summed E-state index contributed by atoms with van der Waals surface area (Å²) in [4.78, 5) is 25.3. The van der Waals surface area contributed by atoms with Gasteiger partial charge in [0.05, 0.1) is 10.5 Å². The van der Waals surface area contributed by atoms with Crippen LogP contribution >= 0.6 is 0 Å². The Bertz CT molecular complexity index is 800. The third-order valence-corrected chi connectivity index (χ3v) is 3.23. The lowest BCUT2D eigenvalue weighted by Gasteiger charge is -2.11. The standard InChI is InChI=1S/C16H15N3O5/c1-2-10(16(20)21)9-13-14(7-8-18-15(13)17)24-12-5-3-11(4-6-12)19(22)23/h3-9H,2H2,1H3,(H2,17,18)(H,20,21). The number of non-ortho nitro benzene ring substituents is 1. The first-order chi connectivity index (χ1) is 11.4. The number of pyridine rings is 1. The number of benzene rings is 1. The van der Waals surface area contributed by atoms with Crippen LogP contribution in [-0.4, -0.2) is 21.0 Å². The average molecular weight is 329 g/mol. The van der Waals surface area contributed by atoms with Gasteiger partial charge in [0.25, 0.3) is 5.69 Å². The highest BCUT2D eigenvalue weighted by Crippen LogP contribution is 2.31. The lowest BCUT2D eigenvalue weighted by molar-refractivity contribution is -0.384. The van der Waals surface area contributed by atoms with Crippen molar-refractivity contribution in [1.82, 2.24) is 4.98 Å². The molecule has 0 aliphatic heterocycles. The highest BCUT2D eigenvalue weighted by molar-refractivity contribution is 5.93. The number of anilines is 1. The highest BCUT2D eigenvalue weighted by atomic mass is 16.6. The lowest BCUT2D eigenvalue weighted by Crippen LogP contribution is -2.02. The van der Waals surface area contributed by atoms with Gasteiger partial charge in [0.1, 0.15) is 17.3 Å². The minimum absolute atomic E-state index is 0.0594. The number of rotatable bonds is 6. The Morgan fingerprint density at radius 3 is 2.58 bits per heavy atom. The minimum atomic E-state index is -1.05. The fourth-order valence-electron chi connectivity index (χ4n) is 1.96. The van der Waals surface area contributed by atoms with E-state index in [2.05, 4.69) is 4.98 Å². The molecule has 0 saturated carbocycles. The van der Waals surface area contributed by atoms with Crippen molar-refractivity contribution in [3.8, 4) is 11.5 Å². The number of nitrogen functional groups attached to an aromatic ring is 1. The summed E-state index contributed by atoms with van der Waals surface area (Å²) in [6.07, 6.45) is 3.14. The molecule has 0 atom stereocenters. The van der Waals surface area contributed by atoms with Crippen molar-refractivity contribution in [3.05, 3.63) is 57.8 Å². The maximum absolute atomic E-state index is 11.2. The second kappa shape index (κ2) is 7.23. The fourth-order valence-corrected chi connectivity index (χ4v) is 1.96. The molecule has 0 fully saturated rings. The molecule has 8 nitrogen and oxygen atoms in total. The number of nitro groups is 1. The monoisotopic (exact) mass is 329 g/mol. The van der Waals surface area contributed by atoms with Gasteiger partial charge in [0.2, 0.25) is 0 Å². The van der Waals surface area contributed by atoms with Gasteiger partial charge >= 0.3 is 5.97 Å². The highest BCUT2D eigenvalue weighted by Gasteiger charge is 2.13. The number of nitrogens with zero attached hydrogens (tertiary/aromatic N) is 2. The lowest BCUT2D eigenvalue weighted by atomic mass is 10.1. The Morgan fingerprint density at radius 1 is 1.38 bits per heavy atom. The molecular formula is C16H15N3O5. The molecule has 2 aromatic rings. The van der Waals surface area contributed by atoms with Gasteiger partial charge in [-0.05, 0) is 30.7 Å². The van der Waals surface area contributed by atoms with Gasteiger partial charge in [-0.1, -0.05) is 6.92 Å². The molecule has 124 valence electrons. The number of aromatic nitrogens is 1. The van der Waals surface area contributed by atoms with Gasteiger partial charge in [-0.15, -0.1) is 0 Å². The molecule has 8 heteroatoms. The normalized spacial score (nSPS) is 11.1. The third kappa shape index (κ3) is 3.86. The van der Waals surface area contributed by atoms with Gasteiger partial charge < -0.3 is 15.6 Å². The Hall–Kier alpha value is -3.42. The zero-order valence-electron chi connectivity index (χ0n) is 12.8. The van der Waals surface area contributed by atoms with Crippen molar-refractivity contribution in [2.45, 2.75) is 13.3 Å². The van der Waals surface area contributed by atoms with Crippen molar-refractivity contribution in [2.75, 3.05) is 5.73 Å². The van der Waals surface area contributed by atoms with Crippen LogP contribution in [0.3, 0.4) is 0 Å². The number of nitrogens with two attached hydrogens (primary N) is 1. The van der Waals surface area contributed by atoms with Crippen LogP contribution in [0.5, 0.6) is 11.5 Å². The zero-order chi connectivity index (χ0) is 17.7. The van der Waals surface area contributed by atoms with Gasteiger partial charge in [0, 0.05) is 23.9 Å². The number of nitro benzene ring substituents is 1. The molecule has 0 aliphatic rings. The first-order valence-corrected chi connectivity index (χ1v) is 7.03. The summed E-state index contributed by atoms with van der Waals surface area (Å²) in [5.41, 5.74) is 6.26. The second-order valence-corrected chi connectivity index (χ2v) is 4.79. The topological polar surface area (TPSA) is 129 Å². The number of aliphatic carboxylic acids is 1. The van der Waals surface area contributed by atoms with E-state index in [1.54, 1.807) is 13.0 Å². The molecular weight excluding hydrogens is 314 g/mol. The molecule has 24 heavy (non-hydrogen) atoms. The van der Waals surface area contributed by atoms with Crippen molar-refractivity contribution in [3.63, 3.8) is 0 Å². The predicted octanol–water partition coefficient (Wildman–Crippen LogP) is 3.24. The minimum Gasteiger partial charge on any atom is -0.478 e. The number of carboxylic acid groups (broad SMARTS) is 1. The van der Waals surface area contributed by atoms with Gasteiger partial charge in [-0.2, -0.15) is 0 Å². The Morgan fingerprint density at radius 2 is 2.04 bits per heavy atom. The van der Waals surface area contributed by atoms with Crippen LogP contribution in [0.15, 0.2) is 42.1 Å². The van der Waals surface area contributed by atoms with Crippen molar-refractivity contribution in [1.29, 1.82) is 0 Å². The predicted molar refractivity (Wildman–Crippen MR) is 87.7 cm³/mol. The van der Waals surface area contributed by atoms with E-state index in [1.165, 1.54) is 36.5 Å². The van der Waals surface area contributed by atoms with E-state index >= 15 is 0 Å². The molecule has 3 N–H and O–H groups in total. The van der Waals surface area contributed by atoms with Crippen LogP contribution in [0.1, 0.15) is 18.9 Å². The smallest absolute Gasteiger partial charge is 0.331 e. The van der Waals surface area contributed by atoms with Crippen molar-refractivity contribution >= 4 is 23.6 Å². The summed E-state index contributed by atoms with van der Waals surface area (Å²) in [5.74, 6) is -0.263. The van der Waals surface area contributed by atoms with Gasteiger partial charge in [-0.25, -0.2) is 9.78 Å². The van der Waals surface area contributed by atoms with Crippen LogP contribution in [0.4, 0.5) is 11.5 Å². The maximum Gasteiger partial charge on any atom is 0.331 e. The summed E-state index contributed by atoms with van der Waals surface area (Å²) in [6, 6.07) is 7.05. The quantitative estimate of drug-likeness (QED) is 0.473. The molecule has 2 rings (SSSR count). The molecule has 1 heterocycles. The second-order valence-electron chi connectivity index (χ2n) is 4.79. The summed E-state index contributed by atoms with van der Waals surface area (Å²) in [5, 5.41) is 19.8. The number of hydrogen-bond acceptors (Lipinski definition) is 6. The number of hydrogen-bond donors (Lipinski definition) is 2. The first kappa shape index (κ1) is 16.9. The Labute approximate surface area is 137 Å². The van der Waals surface area contributed by atoms with Crippen LogP contribution < -0.4 is 10.5 Å². The molecule has 1 aromatic heterocycles. The largest absolute Gasteiger partial charge is 0.478 e. The van der Waals surface area contributed by atoms with E-state index < -0.39 is 10.9 Å². The molecule has 0 radical (unpaired) electrons. The Balaban J connectivity index is 2.39. The van der Waals surface area contributed by atoms with Crippen LogP contribution in [0.25, 0.3) is 6.08 Å². The summed E-state index contributed by atoms with van der Waals surface area (Å²) < 4.78 is 5.67. The Kier molecular flexibility index (Phi) is 5.10. The molecule has 0 unspecified atom stereocenters. The van der Waals surface area contributed by atoms with Crippen LogP contribution in [0.2, 0.25) is 0 Å². The van der Waals surface area contributed by atoms with Crippen molar-refractivity contribution in [2.24, 2.45) is 0 Å². The van der Waals surface area contributed by atoms with E-state index in [9.17, 15) is 14.9 Å². The summed E-state index contributed by atoms with van der Waals surface area (Å²) in [7, 11) is 0.